The number of hydrogen-bond acceptors (Lipinski definition) is 8. The van der Waals surface area contributed by atoms with Crippen molar-refractivity contribution in [2.75, 3.05) is 19.5 Å². The van der Waals surface area contributed by atoms with Crippen LogP contribution < -0.4 is 14.8 Å². The van der Waals surface area contributed by atoms with Crippen LogP contribution in [0.2, 0.25) is 0 Å². The van der Waals surface area contributed by atoms with Gasteiger partial charge >= 0.3 is 0 Å². The maximum Gasteiger partial charge on any atom is 0.295 e. The second-order valence-electron chi connectivity index (χ2n) is 5.40. The van der Waals surface area contributed by atoms with E-state index in [1.807, 2.05) is 6.92 Å². The molecule has 9 heteroatoms. The Hall–Kier alpha value is -3.51. The van der Waals surface area contributed by atoms with Gasteiger partial charge < -0.3 is 9.47 Å². The Kier molecular flexibility index (Phi) is 5.28. The van der Waals surface area contributed by atoms with Crippen molar-refractivity contribution < 1.29 is 14.3 Å². The third-order valence-corrected chi connectivity index (χ3v) is 4.53. The summed E-state index contributed by atoms with van der Waals surface area (Å²) in [5.41, 5.74) is 2.52. The van der Waals surface area contributed by atoms with Gasteiger partial charge in [-0.2, -0.15) is 5.26 Å². The molecule has 1 aromatic carbocycles. The Bertz CT molecular complexity index is 1040. The van der Waals surface area contributed by atoms with Crippen molar-refractivity contribution in [3.8, 4) is 28.1 Å². The van der Waals surface area contributed by atoms with Crippen LogP contribution in [0.3, 0.4) is 0 Å². The Morgan fingerprint density at radius 1 is 1.22 bits per heavy atom. The number of pyridine rings is 1. The summed E-state index contributed by atoms with van der Waals surface area (Å²) in [7, 11) is 2.97. The van der Waals surface area contributed by atoms with Crippen LogP contribution in [0.4, 0.5) is 5.13 Å². The molecule has 8 nitrogen and oxygen atoms in total. The van der Waals surface area contributed by atoms with E-state index in [1.165, 1.54) is 20.4 Å². The maximum atomic E-state index is 12.8. The number of benzene rings is 1. The highest BCUT2D eigenvalue weighted by molar-refractivity contribution is 7.17. The van der Waals surface area contributed by atoms with Gasteiger partial charge in [0.1, 0.15) is 17.4 Å². The number of hydrogen-bond donors (Lipinski definition) is 1. The molecule has 2 heterocycles. The Morgan fingerprint density at radius 3 is 2.70 bits per heavy atom. The van der Waals surface area contributed by atoms with E-state index in [-0.39, 0.29) is 0 Å². The molecule has 136 valence electrons. The minimum absolute atomic E-state index is 0.300. The van der Waals surface area contributed by atoms with Gasteiger partial charge in [-0.15, -0.1) is 5.10 Å². The lowest BCUT2D eigenvalue weighted by Crippen LogP contribution is -2.14. The molecule has 1 amide bonds. The molecular formula is C18H15N5O3S. The molecule has 0 aliphatic heterocycles. The summed E-state index contributed by atoms with van der Waals surface area (Å²) in [5.74, 6) is 0.0210. The molecule has 2 aromatic heterocycles. The summed E-state index contributed by atoms with van der Waals surface area (Å²) in [5, 5.41) is 20.5. The Balaban J connectivity index is 2.06. The van der Waals surface area contributed by atoms with E-state index < -0.39 is 5.91 Å². The highest BCUT2D eigenvalue weighted by Gasteiger charge is 2.19. The first-order chi connectivity index (χ1) is 13.1. The molecule has 0 saturated heterocycles. The number of aryl methyl sites for hydroxylation is 1. The minimum atomic E-state index is -0.414. The second-order valence-corrected chi connectivity index (χ2v) is 6.34. The SMILES string of the molecule is COc1nnc(NC(=O)c2cnc(C)cc2-c2cccc(OC)c2C#N)s1. The van der Waals surface area contributed by atoms with Crippen molar-refractivity contribution in [3.05, 3.63) is 47.3 Å². The zero-order valence-electron chi connectivity index (χ0n) is 14.8. The number of nitrogens with zero attached hydrogens (tertiary/aromatic N) is 4. The molecule has 0 aliphatic rings. The number of aromatic nitrogens is 3. The fraction of sp³-hybridized carbons (Fsp3) is 0.167. The largest absolute Gasteiger partial charge is 0.495 e. The van der Waals surface area contributed by atoms with Crippen LogP contribution in [0.25, 0.3) is 11.1 Å². The molecule has 0 atom stereocenters. The zero-order valence-corrected chi connectivity index (χ0v) is 15.6. The third kappa shape index (κ3) is 3.70. The lowest BCUT2D eigenvalue weighted by Gasteiger charge is -2.13. The zero-order chi connectivity index (χ0) is 19.4. The molecule has 3 aromatic rings. The second kappa shape index (κ2) is 7.80. The molecule has 0 spiro atoms. The summed E-state index contributed by atoms with van der Waals surface area (Å²) in [6.45, 7) is 1.81. The van der Waals surface area contributed by atoms with E-state index in [2.05, 4.69) is 26.6 Å². The Morgan fingerprint density at radius 2 is 2.04 bits per heavy atom. The van der Waals surface area contributed by atoms with E-state index in [4.69, 9.17) is 9.47 Å². The number of anilines is 1. The number of ether oxygens (including phenoxy) is 2. The monoisotopic (exact) mass is 381 g/mol. The fourth-order valence-corrected chi connectivity index (χ4v) is 3.07. The normalized spacial score (nSPS) is 10.1. The summed E-state index contributed by atoms with van der Waals surface area (Å²) < 4.78 is 10.2. The molecule has 0 unspecified atom stereocenters. The standard InChI is InChI=1S/C18H15N5O3S/c1-10-7-12(11-5-4-6-15(25-2)13(11)8-19)14(9-20-10)16(24)21-17-22-23-18(26-3)27-17/h4-7,9H,1-3H3,(H,21,22,24). The van der Waals surface area contributed by atoms with E-state index in [1.54, 1.807) is 24.3 Å². The summed E-state index contributed by atoms with van der Waals surface area (Å²) in [4.78, 5) is 17.0. The highest BCUT2D eigenvalue weighted by Crippen LogP contribution is 2.33. The van der Waals surface area contributed by atoms with Crippen molar-refractivity contribution in [1.29, 1.82) is 5.26 Å². The lowest BCUT2D eigenvalue weighted by atomic mass is 9.95. The number of carbonyl (C=O) groups is 1. The van der Waals surface area contributed by atoms with Gasteiger partial charge in [-0.05, 0) is 36.0 Å². The highest BCUT2D eigenvalue weighted by atomic mass is 32.1. The van der Waals surface area contributed by atoms with Gasteiger partial charge in [0.05, 0.1) is 19.8 Å². The average molecular weight is 381 g/mol. The molecule has 0 radical (unpaired) electrons. The maximum absolute atomic E-state index is 12.8. The molecule has 0 saturated carbocycles. The average Bonchev–Trinajstić information content (AvgIpc) is 3.14. The minimum Gasteiger partial charge on any atom is -0.495 e. The molecule has 27 heavy (non-hydrogen) atoms. The van der Waals surface area contributed by atoms with Crippen LogP contribution in [-0.2, 0) is 0 Å². The fourth-order valence-electron chi connectivity index (χ4n) is 2.51. The first-order valence-corrected chi connectivity index (χ1v) is 8.62. The van der Waals surface area contributed by atoms with Crippen LogP contribution in [0, 0.1) is 18.3 Å². The predicted molar refractivity (Wildman–Crippen MR) is 100 cm³/mol. The number of rotatable bonds is 5. The molecule has 0 bridgehead atoms. The van der Waals surface area contributed by atoms with Gasteiger partial charge in [0.15, 0.2) is 0 Å². The molecule has 1 N–H and O–H groups in total. The first-order valence-electron chi connectivity index (χ1n) is 7.80. The molecule has 0 aliphatic carbocycles. The van der Waals surface area contributed by atoms with Gasteiger partial charge in [0.2, 0.25) is 5.13 Å². The van der Waals surface area contributed by atoms with Gasteiger partial charge in [-0.3, -0.25) is 15.1 Å². The number of carbonyl (C=O) groups excluding carboxylic acids is 1. The van der Waals surface area contributed by atoms with Crippen molar-refractivity contribution in [2.45, 2.75) is 6.92 Å². The first kappa shape index (κ1) is 18.3. The van der Waals surface area contributed by atoms with Crippen LogP contribution in [0.5, 0.6) is 10.9 Å². The van der Waals surface area contributed by atoms with Crippen molar-refractivity contribution in [2.24, 2.45) is 0 Å². The van der Waals surface area contributed by atoms with Crippen molar-refractivity contribution in [1.82, 2.24) is 15.2 Å². The van der Waals surface area contributed by atoms with E-state index in [9.17, 15) is 10.1 Å². The van der Waals surface area contributed by atoms with Gasteiger partial charge in [0, 0.05) is 17.5 Å². The number of amides is 1. The van der Waals surface area contributed by atoms with Gasteiger partial charge in [0.25, 0.3) is 11.1 Å². The molecular weight excluding hydrogens is 366 g/mol. The van der Waals surface area contributed by atoms with E-state index in [0.29, 0.717) is 44.0 Å². The summed E-state index contributed by atoms with van der Waals surface area (Å²) in [6.07, 6.45) is 1.47. The Labute approximate surface area is 159 Å². The van der Waals surface area contributed by atoms with Crippen LogP contribution in [0.1, 0.15) is 21.6 Å². The van der Waals surface area contributed by atoms with Crippen LogP contribution in [-0.4, -0.2) is 35.3 Å². The van der Waals surface area contributed by atoms with E-state index in [0.717, 1.165) is 11.3 Å². The predicted octanol–water partition coefficient (Wildman–Crippen LogP) is 3.05. The topological polar surface area (TPSA) is 110 Å². The third-order valence-electron chi connectivity index (χ3n) is 3.73. The summed E-state index contributed by atoms with van der Waals surface area (Å²) in [6, 6.07) is 9.13. The van der Waals surface area contributed by atoms with Crippen LogP contribution in [0.15, 0.2) is 30.5 Å². The van der Waals surface area contributed by atoms with Crippen LogP contribution >= 0.6 is 11.3 Å². The quantitative estimate of drug-likeness (QED) is 0.723. The van der Waals surface area contributed by atoms with E-state index >= 15 is 0 Å². The lowest BCUT2D eigenvalue weighted by molar-refractivity contribution is 0.102. The summed E-state index contributed by atoms with van der Waals surface area (Å²) >= 11 is 1.11. The van der Waals surface area contributed by atoms with Crippen molar-refractivity contribution in [3.63, 3.8) is 0 Å². The number of nitrogens with one attached hydrogen (secondary N) is 1. The van der Waals surface area contributed by atoms with Crippen molar-refractivity contribution >= 4 is 22.4 Å². The molecule has 3 rings (SSSR count). The van der Waals surface area contributed by atoms with Gasteiger partial charge in [-0.1, -0.05) is 17.2 Å². The molecule has 0 fully saturated rings. The number of methoxy groups -OCH3 is 2. The smallest absolute Gasteiger partial charge is 0.295 e. The van der Waals surface area contributed by atoms with Gasteiger partial charge in [-0.25, -0.2) is 0 Å². The number of nitriles is 1.